The molecule has 5 aromatic rings. The zero-order valence-electron chi connectivity index (χ0n) is 27.8. The monoisotopic (exact) mass is 674 g/mol. The van der Waals surface area contributed by atoms with Gasteiger partial charge in [0.2, 0.25) is 0 Å². The van der Waals surface area contributed by atoms with Gasteiger partial charge in [0.25, 0.3) is 5.56 Å². The number of hydrogen-bond acceptors (Lipinski definition) is 9. The summed E-state index contributed by atoms with van der Waals surface area (Å²) in [6, 6.07) is 30.3. The SMILES string of the molecule is COC1(OC)C=CC(C(OC[C@@]23CO[C@@H]([C@H](n4cnc5c(=O)[nH]cnc54)O2)[C@@H]3OCc2ccccc2)(c2ccccc2)c2ccccc2)=CC1. The van der Waals surface area contributed by atoms with E-state index in [9.17, 15) is 4.79 Å². The van der Waals surface area contributed by atoms with E-state index in [1.165, 1.54) is 6.33 Å². The number of imidazole rings is 1. The Morgan fingerprint density at radius 1 is 0.940 bits per heavy atom. The number of methoxy groups -OCH3 is 2. The maximum Gasteiger partial charge on any atom is 0.278 e. The number of H-pyrrole nitrogens is 1. The molecule has 0 saturated carbocycles. The van der Waals surface area contributed by atoms with E-state index >= 15 is 0 Å². The number of benzene rings is 3. The second kappa shape index (κ2) is 13.2. The Morgan fingerprint density at radius 2 is 1.62 bits per heavy atom. The molecule has 2 bridgehead atoms. The lowest BCUT2D eigenvalue weighted by Crippen LogP contribution is -2.49. The molecule has 3 aromatic carbocycles. The Bertz CT molecular complexity index is 2020. The molecule has 2 aliphatic heterocycles. The highest BCUT2D eigenvalue weighted by atomic mass is 16.7. The van der Waals surface area contributed by atoms with Crippen LogP contribution in [0.2, 0.25) is 0 Å². The van der Waals surface area contributed by atoms with Crippen molar-refractivity contribution >= 4 is 11.2 Å². The Hall–Kier alpha value is -4.75. The van der Waals surface area contributed by atoms with E-state index < -0.39 is 35.4 Å². The molecule has 0 amide bonds. The van der Waals surface area contributed by atoms with E-state index in [1.54, 1.807) is 25.1 Å². The molecule has 4 atom stereocenters. The number of aromatic nitrogens is 4. The fourth-order valence-corrected chi connectivity index (χ4v) is 7.35. The van der Waals surface area contributed by atoms with Crippen molar-refractivity contribution in [2.24, 2.45) is 0 Å². The van der Waals surface area contributed by atoms with Crippen LogP contribution in [0.5, 0.6) is 0 Å². The van der Waals surface area contributed by atoms with Gasteiger partial charge in [0.05, 0.1) is 32.5 Å². The van der Waals surface area contributed by atoms with Crippen LogP contribution in [0.25, 0.3) is 11.2 Å². The normalized spacial score (nSPS) is 24.1. The molecule has 3 aliphatic rings. The van der Waals surface area contributed by atoms with E-state index in [0.29, 0.717) is 18.7 Å². The molecule has 1 aliphatic carbocycles. The van der Waals surface area contributed by atoms with Gasteiger partial charge in [-0.05, 0) is 28.3 Å². The number of ether oxygens (including phenoxy) is 6. The molecule has 8 rings (SSSR count). The van der Waals surface area contributed by atoms with Gasteiger partial charge in [-0.15, -0.1) is 0 Å². The maximum atomic E-state index is 12.6. The zero-order chi connectivity index (χ0) is 34.2. The largest absolute Gasteiger partial charge is 0.367 e. The minimum Gasteiger partial charge on any atom is -0.367 e. The van der Waals surface area contributed by atoms with Crippen molar-refractivity contribution in [3.63, 3.8) is 0 Å². The lowest BCUT2D eigenvalue weighted by Gasteiger charge is -2.42. The van der Waals surface area contributed by atoms with Crippen LogP contribution in [-0.2, 0) is 40.6 Å². The van der Waals surface area contributed by atoms with Crippen LogP contribution in [-0.4, -0.2) is 70.5 Å². The molecule has 1 N–H and O–H groups in total. The van der Waals surface area contributed by atoms with Gasteiger partial charge in [0.1, 0.15) is 23.4 Å². The van der Waals surface area contributed by atoms with Crippen LogP contribution < -0.4 is 5.56 Å². The van der Waals surface area contributed by atoms with Crippen LogP contribution in [0.4, 0.5) is 0 Å². The first-order valence-electron chi connectivity index (χ1n) is 16.6. The molecule has 50 heavy (non-hydrogen) atoms. The zero-order valence-corrected chi connectivity index (χ0v) is 27.8. The number of rotatable bonds is 12. The smallest absolute Gasteiger partial charge is 0.278 e. The first kappa shape index (κ1) is 32.5. The molecule has 0 unspecified atom stereocenters. The van der Waals surface area contributed by atoms with Gasteiger partial charge in [-0.25, -0.2) is 9.97 Å². The second-order valence-electron chi connectivity index (χ2n) is 12.7. The minimum absolute atomic E-state index is 0.106. The van der Waals surface area contributed by atoms with Crippen molar-refractivity contribution in [2.75, 3.05) is 27.4 Å². The van der Waals surface area contributed by atoms with Crippen molar-refractivity contribution in [1.29, 1.82) is 0 Å². The predicted molar refractivity (Wildman–Crippen MR) is 184 cm³/mol. The van der Waals surface area contributed by atoms with Crippen LogP contribution in [0.3, 0.4) is 0 Å². The number of hydrogen-bond donors (Lipinski definition) is 1. The summed E-state index contributed by atoms with van der Waals surface area (Å²) in [5.41, 5.74) is 2.03. The Kier molecular flexibility index (Phi) is 8.55. The number of fused-ring (bicyclic) bond motifs is 3. The fraction of sp³-hybridized carbons (Fsp3) is 0.308. The Morgan fingerprint density at radius 3 is 2.26 bits per heavy atom. The number of nitrogens with zero attached hydrogens (tertiary/aromatic N) is 3. The summed E-state index contributed by atoms with van der Waals surface area (Å²) in [5.74, 6) is -0.880. The van der Waals surface area contributed by atoms with E-state index in [-0.39, 0.29) is 24.3 Å². The van der Waals surface area contributed by atoms with Gasteiger partial charge in [0.15, 0.2) is 23.2 Å². The summed E-state index contributed by atoms with van der Waals surface area (Å²) >= 11 is 0. The average Bonchev–Trinajstić information content (AvgIpc) is 3.86. The first-order valence-corrected chi connectivity index (χ1v) is 16.6. The molecular weight excluding hydrogens is 636 g/mol. The Labute approximate surface area is 289 Å². The third-order valence-corrected chi connectivity index (χ3v) is 10.00. The van der Waals surface area contributed by atoms with Crippen molar-refractivity contribution < 1.29 is 28.4 Å². The quantitative estimate of drug-likeness (QED) is 0.178. The third-order valence-electron chi connectivity index (χ3n) is 10.00. The highest BCUT2D eigenvalue weighted by molar-refractivity contribution is 5.69. The standard InChI is InChI=1S/C39H38N4O7/c1-45-38(46-2)20-18-30(19-21-38)39(28-14-8-4-9-15-28,29-16-10-5-11-17-29)49-24-37-23-48-32(33(37)47-22-27-12-6-3-7-13-27)36(50-37)43-26-42-31-34(43)40-25-41-35(31)44/h3-20,25-26,32-33,36H,21-24H2,1-2H3,(H,40,41,44)/t32-,33+,36-,37-/m1/s1. The van der Waals surface area contributed by atoms with E-state index in [4.69, 9.17) is 28.4 Å². The van der Waals surface area contributed by atoms with E-state index in [2.05, 4.69) is 45.3 Å². The summed E-state index contributed by atoms with van der Waals surface area (Å²) in [5, 5.41) is 0. The lowest BCUT2D eigenvalue weighted by molar-refractivity contribution is -0.204. The van der Waals surface area contributed by atoms with Gasteiger partial charge in [-0.3, -0.25) is 9.36 Å². The topological polar surface area (TPSA) is 119 Å². The molecule has 256 valence electrons. The summed E-state index contributed by atoms with van der Waals surface area (Å²) in [6.45, 7) is 0.687. The lowest BCUT2D eigenvalue weighted by atomic mass is 9.77. The summed E-state index contributed by atoms with van der Waals surface area (Å²) < 4.78 is 40.8. The summed E-state index contributed by atoms with van der Waals surface area (Å²) in [6.07, 6.45) is 7.75. The highest BCUT2D eigenvalue weighted by Crippen LogP contribution is 2.50. The molecule has 4 heterocycles. The van der Waals surface area contributed by atoms with Crippen molar-refractivity contribution in [3.05, 3.63) is 154 Å². The van der Waals surface area contributed by atoms with E-state index in [1.807, 2.05) is 78.9 Å². The maximum absolute atomic E-state index is 12.6. The summed E-state index contributed by atoms with van der Waals surface area (Å²) in [7, 11) is 3.28. The van der Waals surface area contributed by atoms with Crippen LogP contribution in [0.1, 0.15) is 29.3 Å². The second-order valence-corrected chi connectivity index (χ2v) is 12.7. The highest BCUT2D eigenvalue weighted by Gasteiger charge is 2.64. The first-order chi connectivity index (χ1) is 24.5. The van der Waals surface area contributed by atoms with Crippen LogP contribution in [0, 0.1) is 0 Å². The minimum atomic E-state index is -1.05. The van der Waals surface area contributed by atoms with Crippen molar-refractivity contribution in [3.8, 4) is 0 Å². The molecule has 0 radical (unpaired) electrons. The fourth-order valence-electron chi connectivity index (χ4n) is 7.35. The molecule has 11 nitrogen and oxygen atoms in total. The molecule has 2 saturated heterocycles. The molecule has 2 aromatic heterocycles. The van der Waals surface area contributed by atoms with Crippen molar-refractivity contribution in [2.45, 2.75) is 48.5 Å². The number of aromatic amines is 1. The van der Waals surface area contributed by atoms with Gasteiger partial charge < -0.3 is 33.4 Å². The third kappa shape index (κ3) is 5.43. The average molecular weight is 675 g/mol. The Balaban J connectivity index is 1.21. The van der Waals surface area contributed by atoms with Gasteiger partial charge in [0, 0.05) is 20.6 Å². The van der Waals surface area contributed by atoms with Crippen LogP contribution >= 0.6 is 0 Å². The number of nitrogens with one attached hydrogen (secondary N) is 1. The molecule has 0 spiro atoms. The molecule has 2 fully saturated rings. The van der Waals surface area contributed by atoms with E-state index in [0.717, 1.165) is 22.3 Å². The van der Waals surface area contributed by atoms with Gasteiger partial charge in [-0.1, -0.05) is 103 Å². The van der Waals surface area contributed by atoms with Gasteiger partial charge >= 0.3 is 0 Å². The van der Waals surface area contributed by atoms with Gasteiger partial charge in [-0.2, -0.15) is 0 Å². The summed E-state index contributed by atoms with van der Waals surface area (Å²) in [4.78, 5) is 23.9. The molecule has 11 heteroatoms. The predicted octanol–water partition coefficient (Wildman–Crippen LogP) is 5.21. The van der Waals surface area contributed by atoms with Crippen LogP contribution in [0.15, 0.2) is 132 Å². The van der Waals surface area contributed by atoms with Crippen molar-refractivity contribution in [1.82, 2.24) is 19.5 Å². The molecular formula is C39H38N4O7.